The van der Waals surface area contributed by atoms with Gasteiger partial charge in [0.2, 0.25) is 0 Å². The summed E-state index contributed by atoms with van der Waals surface area (Å²) in [6, 6.07) is 20.4. The second kappa shape index (κ2) is 7.93. The summed E-state index contributed by atoms with van der Waals surface area (Å²) in [6.45, 7) is 4.08. The number of hydrogen-bond donors (Lipinski definition) is 2. The number of nitrogens with zero attached hydrogens (tertiary/aromatic N) is 2. The molecule has 4 rings (SSSR count). The molecule has 1 amide bonds. The first-order chi connectivity index (χ1) is 14.5. The van der Waals surface area contributed by atoms with Crippen LogP contribution in [0, 0.1) is 13.8 Å². The number of nitrogens with one attached hydrogen (secondary N) is 1. The molecular formula is C24H21N3O3. The predicted molar refractivity (Wildman–Crippen MR) is 116 cm³/mol. The summed E-state index contributed by atoms with van der Waals surface area (Å²) in [7, 11) is 0. The van der Waals surface area contributed by atoms with E-state index < -0.39 is 5.91 Å². The Morgan fingerprint density at radius 3 is 2.53 bits per heavy atom. The van der Waals surface area contributed by atoms with Crippen LogP contribution in [0.3, 0.4) is 0 Å². The maximum atomic E-state index is 13.1. The number of aryl methyl sites for hydroxylation is 2. The summed E-state index contributed by atoms with van der Waals surface area (Å²) in [4.78, 5) is 29.8. The number of aromatic nitrogens is 2. The van der Waals surface area contributed by atoms with Crippen molar-refractivity contribution in [2.75, 3.05) is 0 Å². The number of amides is 1. The van der Waals surface area contributed by atoms with E-state index in [9.17, 15) is 9.59 Å². The Hall–Kier alpha value is -3.77. The van der Waals surface area contributed by atoms with E-state index in [1.54, 1.807) is 22.2 Å². The number of hydrogen-bond acceptors (Lipinski definition) is 4. The van der Waals surface area contributed by atoms with Crippen LogP contribution in [0.25, 0.3) is 22.0 Å². The average Bonchev–Trinajstić information content (AvgIpc) is 2.77. The molecule has 0 fully saturated rings. The van der Waals surface area contributed by atoms with Gasteiger partial charge in [0.25, 0.3) is 11.5 Å². The first-order valence-corrected chi connectivity index (χ1v) is 9.58. The standard InChI is InChI=1S/C24H21N3O3/c1-15-8-11-22-21(12-15)24(29)27(16(2)25-22)14-17-9-10-19(23(28)26-30)20(13-17)18-6-4-3-5-7-18/h3-13,30H,14H2,1-2H3,(H,26,28). The smallest absolute Gasteiger partial charge is 0.275 e. The maximum absolute atomic E-state index is 13.1. The Bertz CT molecular complexity index is 1310. The Labute approximate surface area is 173 Å². The largest absolute Gasteiger partial charge is 0.292 e. The van der Waals surface area contributed by atoms with Crippen LogP contribution in [0.15, 0.2) is 71.5 Å². The molecule has 4 aromatic rings. The van der Waals surface area contributed by atoms with Gasteiger partial charge in [0, 0.05) is 5.56 Å². The number of benzene rings is 3. The van der Waals surface area contributed by atoms with Crippen LogP contribution in [0.1, 0.15) is 27.3 Å². The zero-order chi connectivity index (χ0) is 21.3. The zero-order valence-electron chi connectivity index (χ0n) is 16.7. The molecule has 0 unspecified atom stereocenters. The highest BCUT2D eigenvalue weighted by Crippen LogP contribution is 2.25. The molecule has 0 aliphatic carbocycles. The molecule has 6 nitrogen and oxygen atoms in total. The van der Waals surface area contributed by atoms with Crippen LogP contribution >= 0.6 is 0 Å². The molecule has 0 saturated heterocycles. The highest BCUT2D eigenvalue weighted by molar-refractivity contribution is 6.00. The van der Waals surface area contributed by atoms with Crippen molar-refractivity contribution in [2.24, 2.45) is 0 Å². The Morgan fingerprint density at radius 2 is 1.80 bits per heavy atom. The van der Waals surface area contributed by atoms with Crippen molar-refractivity contribution < 1.29 is 10.0 Å². The number of carbonyl (C=O) groups is 1. The molecule has 1 aromatic heterocycles. The number of carbonyl (C=O) groups excluding carboxylic acids is 1. The second-order valence-corrected chi connectivity index (χ2v) is 7.26. The molecule has 0 saturated carbocycles. The van der Waals surface area contributed by atoms with Crippen LogP contribution in [0.4, 0.5) is 0 Å². The average molecular weight is 399 g/mol. The minimum Gasteiger partial charge on any atom is -0.292 e. The van der Waals surface area contributed by atoms with Crippen molar-refractivity contribution in [2.45, 2.75) is 20.4 Å². The minimum atomic E-state index is -0.586. The summed E-state index contributed by atoms with van der Waals surface area (Å²) in [5.41, 5.74) is 6.00. The van der Waals surface area contributed by atoms with Gasteiger partial charge in [-0.05, 0) is 54.8 Å². The molecule has 2 N–H and O–H groups in total. The van der Waals surface area contributed by atoms with Crippen LogP contribution < -0.4 is 11.0 Å². The summed E-state index contributed by atoms with van der Waals surface area (Å²) in [5, 5.41) is 9.69. The van der Waals surface area contributed by atoms with Crippen molar-refractivity contribution in [3.8, 4) is 11.1 Å². The van der Waals surface area contributed by atoms with Gasteiger partial charge in [0.05, 0.1) is 17.4 Å². The summed E-state index contributed by atoms with van der Waals surface area (Å²) < 4.78 is 1.64. The highest BCUT2D eigenvalue weighted by Gasteiger charge is 2.15. The van der Waals surface area contributed by atoms with E-state index in [2.05, 4.69) is 4.98 Å². The zero-order valence-corrected chi connectivity index (χ0v) is 16.7. The van der Waals surface area contributed by atoms with E-state index >= 15 is 0 Å². The van der Waals surface area contributed by atoms with Gasteiger partial charge in [-0.25, -0.2) is 10.5 Å². The van der Waals surface area contributed by atoms with E-state index in [0.717, 1.165) is 16.7 Å². The molecule has 0 aliphatic heterocycles. The fraction of sp³-hybridized carbons (Fsp3) is 0.125. The molecule has 3 aromatic carbocycles. The van der Waals surface area contributed by atoms with Gasteiger partial charge in [-0.3, -0.25) is 19.4 Å². The van der Waals surface area contributed by atoms with Crippen LogP contribution in [0.5, 0.6) is 0 Å². The van der Waals surface area contributed by atoms with Crippen LogP contribution in [-0.2, 0) is 6.54 Å². The first kappa shape index (κ1) is 19.5. The lowest BCUT2D eigenvalue weighted by molar-refractivity contribution is 0.0707. The van der Waals surface area contributed by atoms with Gasteiger partial charge in [-0.15, -0.1) is 0 Å². The number of rotatable bonds is 4. The lowest BCUT2D eigenvalue weighted by Gasteiger charge is -2.14. The molecule has 0 atom stereocenters. The van der Waals surface area contributed by atoms with Crippen molar-refractivity contribution >= 4 is 16.8 Å². The van der Waals surface area contributed by atoms with E-state index in [1.807, 2.05) is 68.4 Å². The Kier molecular flexibility index (Phi) is 5.16. The fourth-order valence-electron chi connectivity index (χ4n) is 3.62. The lowest BCUT2D eigenvalue weighted by Crippen LogP contribution is -2.25. The molecule has 0 spiro atoms. The quantitative estimate of drug-likeness (QED) is 0.403. The highest BCUT2D eigenvalue weighted by atomic mass is 16.5. The summed E-state index contributed by atoms with van der Waals surface area (Å²) in [6.07, 6.45) is 0. The minimum absolute atomic E-state index is 0.0976. The van der Waals surface area contributed by atoms with Gasteiger partial charge >= 0.3 is 0 Å². The number of fused-ring (bicyclic) bond motifs is 1. The monoisotopic (exact) mass is 399 g/mol. The Balaban J connectivity index is 1.83. The van der Waals surface area contributed by atoms with Crippen molar-refractivity contribution in [3.05, 3.63) is 99.6 Å². The number of hydroxylamine groups is 1. The molecule has 0 aliphatic rings. The lowest BCUT2D eigenvalue weighted by atomic mass is 9.96. The van der Waals surface area contributed by atoms with E-state index in [-0.39, 0.29) is 5.56 Å². The van der Waals surface area contributed by atoms with E-state index in [4.69, 9.17) is 5.21 Å². The molecule has 1 heterocycles. The first-order valence-electron chi connectivity index (χ1n) is 9.58. The van der Waals surface area contributed by atoms with Gasteiger partial charge in [-0.2, -0.15) is 0 Å². The van der Waals surface area contributed by atoms with Gasteiger partial charge in [-0.1, -0.05) is 48.0 Å². The topological polar surface area (TPSA) is 84.2 Å². The summed E-state index contributed by atoms with van der Waals surface area (Å²) in [5.74, 6) is 0.0337. The van der Waals surface area contributed by atoms with Crippen LogP contribution in [-0.4, -0.2) is 20.7 Å². The molecule has 6 heteroatoms. The van der Waals surface area contributed by atoms with Crippen LogP contribution in [0.2, 0.25) is 0 Å². The fourth-order valence-corrected chi connectivity index (χ4v) is 3.62. The molecule has 0 bridgehead atoms. The van der Waals surface area contributed by atoms with Gasteiger partial charge in [0.1, 0.15) is 5.82 Å². The molecule has 0 radical (unpaired) electrons. The van der Waals surface area contributed by atoms with E-state index in [1.165, 1.54) is 0 Å². The molecular weight excluding hydrogens is 378 g/mol. The normalized spacial score (nSPS) is 10.9. The third-order valence-electron chi connectivity index (χ3n) is 5.16. The predicted octanol–water partition coefficient (Wildman–Crippen LogP) is 3.85. The molecule has 150 valence electrons. The molecule has 30 heavy (non-hydrogen) atoms. The third-order valence-corrected chi connectivity index (χ3v) is 5.16. The second-order valence-electron chi connectivity index (χ2n) is 7.26. The van der Waals surface area contributed by atoms with Gasteiger partial charge in [0.15, 0.2) is 0 Å². The van der Waals surface area contributed by atoms with Crippen molar-refractivity contribution in [1.29, 1.82) is 0 Å². The van der Waals surface area contributed by atoms with Crippen molar-refractivity contribution in [3.63, 3.8) is 0 Å². The summed E-state index contributed by atoms with van der Waals surface area (Å²) >= 11 is 0. The maximum Gasteiger partial charge on any atom is 0.275 e. The van der Waals surface area contributed by atoms with Crippen molar-refractivity contribution in [1.82, 2.24) is 15.0 Å². The van der Waals surface area contributed by atoms with E-state index in [0.29, 0.717) is 34.4 Å². The third kappa shape index (κ3) is 3.60. The Morgan fingerprint density at radius 1 is 1.03 bits per heavy atom. The SMILES string of the molecule is Cc1ccc2nc(C)n(Cc3ccc(C(=O)NO)c(-c4ccccc4)c3)c(=O)c2c1. The van der Waals surface area contributed by atoms with Gasteiger partial charge < -0.3 is 0 Å².